The van der Waals surface area contributed by atoms with Crippen molar-refractivity contribution in [2.45, 2.75) is 13.0 Å². The number of fused-ring (bicyclic) bond motifs is 3. The van der Waals surface area contributed by atoms with Crippen molar-refractivity contribution in [1.82, 2.24) is 4.57 Å². The average Bonchev–Trinajstić information content (AvgIpc) is 2.77. The lowest BCUT2D eigenvalue weighted by Crippen LogP contribution is -2.01. The van der Waals surface area contributed by atoms with Gasteiger partial charge in [-0.25, -0.2) is 0 Å². The topological polar surface area (TPSA) is 61.3 Å². The molecule has 23 heavy (non-hydrogen) atoms. The molecule has 1 aliphatic rings. The van der Waals surface area contributed by atoms with E-state index in [0.29, 0.717) is 10.9 Å². The van der Waals surface area contributed by atoms with E-state index in [4.69, 9.17) is 0 Å². The third kappa shape index (κ3) is 2.09. The van der Waals surface area contributed by atoms with E-state index in [1.807, 2.05) is 36.4 Å². The van der Waals surface area contributed by atoms with Gasteiger partial charge >= 0.3 is 0 Å². The van der Waals surface area contributed by atoms with Crippen molar-refractivity contribution in [3.05, 3.63) is 53.7 Å². The zero-order valence-corrected chi connectivity index (χ0v) is 12.5. The van der Waals surface area contributed by atoms with E-state index in [1.165, 1.54) is 0 Å². The van der Waals surface area contributed by atoms with E-state index in [9.17, 15) is 10.4 Å². The first-order chi connectivity index (χ1) is 11.3. The molecule has 0 amide bonds. The predicted molar refractivity (Wildman–Crippen MR) is 90.8 cm³/mol. The van der Waals surface area contributed by atoms with Crippen molar-refractivity contribution in [3.8, 4) is 22.9 Å². The highest BCUT2D eigenvalue weighted by atomic mass is 16.3. The van der Waals surface area contributed by atoms with Crippen LogP contribution in [-0.2, 0) is 6.54 Å². The average molecular weight is 301 g/mol. The summed E-state index contributed by atoms with van der Waals surface area (Å²) in [6, 6.07) is 15.8. The number of hydrogen-bond donors (Lipinski definition) is 1. The normalized spacial score (nSPS) is 13.5. The molecule has 2 aromatic carbocycles. The summed E-state index contributed by atoms with van der Waals surface area (Å²) < 4.78 is 2.12. The Morgan fingerprint density at radius 2 is 2.00 bits per heavy atom. The Hall–Kier alpha value is -3.06. The van der Waals surface area contributed by atoms with Gasteiger partial charge in [0.25, 0.3) is 0 Å². The van der Waals surface area contributed by atoms with Gasteiger partial charge in [-0.15, -0.1) is 0 Å². The van der Waals surface area contributed by atoms with Gasteiger partial charge in [-0.1, -0.05) is 30.3 Å². The Balaban J connectivity index is 2.14. The van der Waals surface area contributed by atoms with Crippen molar-refractivity contribution in [3.63, 3.8) is 0 Å². The molecule has 4 heteroatoms. The molecule has 0 radical (unpaired) electrons. The lowest BCUT2D eigenvalue weighted by atomic mass is 10.00. The molecule has 1 aromatic heterocycles. The summed E-state index contributed by atoms with van der Waals surface area (Å²) in [6.45, 7) is 1.57. The minimum atomic E-state index is 0.208. The van der Waals surface area contributed by atoms with E-state index in [1.54, 1.807) is 12.3 Å². The zero-order valence-electron chi connectivity index (χ0n) is 12.5. The third-order valence-electron chi connectivity index (χ3n) is 4.26. The monoisotopic (exact) mass is 301 g/mol. The Bertz CT molecular complexity index is 962. The van der Waals surface area contributed by atoms with E-state index in [0.717, 1.165) is 41.8 Å². The van der Waals surface area contributed by atoms with Crippen molar-refractivity contribution in [2.75, 3.05) is 6.54 Å². The number of aromatic hydroxyl groups is 1. The zero-order chi connectivity index (χ0) is 15.8. The van der Waals surface area contributed by atoms with Gasteiger partial charge in [-0.3, -0.25) is 4.99 Å². The van der Waals surface area contributed by atoms with Gasteiger partial charge in [0.15, 0.2) is 0 Å². The summed E-state index contributed by atoms with van der Waals surface area (Å²) >= 11 is 0. The van der Waals surface area contributed by atoms with Crippen LogP contribution in [0, 0.1) is 11.3 Å². The van der Waals surface area contributed by atoms with Crippen LogP contribution in [0.25, 0.3) is 22.0 Å². The number of rotatable bonds is 1. The molecule has 0 fully saturated rings. The van der Waals surface area contributed by atoms with Gasteiger partial charge in [-0.05, 0) is 24.1 Å². The van der Waals surface area contributed by atoms with Crippen LogP contribution in [0.1, 0.15) is 17.7 Å². The van der Waals surface area contributed by atoms with Crippen LogP contribution >= 0.6 is 0 Å². The SMILES string of the molecule is N#Cc1cc(-c2ccccc2)c2c(c1)c(O)c1n2CCCN=C1. The van der Waals surface area contributed by atoms with Gasteiger partial charge in [0.2, 0.25) is 0 Å². The Morgan fingerprint density at radius 1 is 1.17 bits per heavy atom. The highest BCUT2D eigenvalue weighted by Gasteiger charge is 2.20. The quantitative estimate of drug-likeness (QED) is 0.745. The molecule has 0 saturated carbocycles. The maximum Gasteiger partial charge on any atom is 0.150 e. The van der Waals surface area contributed by atoms with Gasteiger partial charge in [0, 0.05) is 30.3 Å². The summed E-state index contributed by atoms with van der Waals surface area (Å²) in [5, 5.41) is 20.7. The molecule has 1 N–H and O–H groups in total. The first kappa shape index (κ1) is 13.6. The number of benzene rings is 2. The molecule has 1 aliphatic heterocycles. The summed E-state index contributed by atoms with van der Waals surface area (Å²) in [6.07, 6.45) is 2.67. The van der Waals surface area contributed by atoms with Crippen LogP contribution in [0.5, 0.6) is 5.75 Å². The van der Waals surface area contributed by atoms with Crippen LogP contribution in [0.15, 0.2) is 47.5 Å². The second-order valence-corrected chi connectivity index (χ2v) is 5.67. The lowest BCUT2D eigenvalue weighted by Gasteiger charge is -2.10. The Morgan fingerprint density at radius 3 is 2.78 bits per heavy atom. The van der Waals surface area contributed by atoms with Gasteiger partial charge in [0.05, 0.1) is 17.1 Å². The summed E-state index contributed by atoms with van der Waals surface area (Å²) in [5.74, 6) is 0.208. The lowest BCUT2D eigenvalue weighted by molar-refractivity contribution is 0.477. The molecule has 2 heterocycles. The molecule has 4 nitrogen and oxygen atoms in total. The maximum atomic E-state index is 10.6. The first-order valence-electron chi connectivity index (χ1n) is 7.64. The molecule has 0 unspecified atom stereocenters. The third-order valence-corrected chi connectivity index (χ3v) is 4.26. The fourth-order valence-electron chi connectivity index (χ4n) is 3.23. The molecule has 112 valence electrons. The number of aliphatic imine (C=N–C) groups is 1. The summed E-state index contributed by atoms with van der Waals surface area (Å²) in [4.78, 5) is 4.34. The van der Waals surface area contributed by atoms with Crippen LogP contribution in [0.2, 0.25) is 0 Å². The fourth-order valence-corrected chi connectivity index (χ4v) is 3.23. The predicted octanol–water partition coefficient (Wildman–Crippen LogP) is 3.71. The van der Waals surface area contributed by atoms with E-state index < -0.39 is 0 Å². The number of hydrogen-bond acceptors (Lipinski definition) is 3. The van der Waals surface area contributed by atoms with Crippen LogP contribution in [0.3, 0.4) is 0 Å². The highest BCUT2D eigenvalue weighted by Crippen LogP contribution is 2.39. The fraction of sp³-hybridized carbons (Fsp3) is 0.158. The van der Waals surface area contributed by atoms with Gasteiger partial charge in [-0.2, -0.15) is 5.26 Å². The second kappa shape index (κ2) is 5.29. The molecule has 0 atom stereocenters. The summed E-state index contributed by atoms with van der Waals surface area (Å²) in [5.41, 5.74) is 4.25. The van der Waals surface area contributed by atoms with Crippen LogP contribution in [-0.4, -0.2) is 22.4 Å². The molecule has 0 saturated heterocycles. The molecular weight excluding hydrogens is 286 g/mol. The Labute approximate surface area is 133 Å². The molecule has 0 spiro atoms. The maximum absolute atomic E-state index is 10.6. The number of aromatic nitrogens is 1. The number of aryl methyl sites for hydroxylation is 1. The van der Waals surface area contributed by atoms with Crippen molar-refractivity contribution in [2.24, 2.45) is 4.99 Å². The van der Waals surface area contributed by atoms with E-state index >= 15 is 0 Å². The first-order valence-corrected chi connectivity index (χ1v) is 7.64. The second-order valence-electron chi connectivity index (χ2n) is 5.67. The minimum Gasteiger partial charge on any atom is -0.505 e. The standard InChI is InChI=1S/C19H15N3O/c20-11-13-9-15(14-5-2-1-3-6-14)18-16(10-13)19(23)17-12-21-7-4-8-22(17)18/h1-3,5-6,9-10,12,23H,4,7-8H2. The molecule has 0 aliphatic carbocycles. The van der Waals surface area contributed by atoms with Crippen molar-refractivity contribution in [1.29, 1.82) is 5.26 Å². The number of nitrogens with zero attached hydrogens (tertiary/aromatic N) is 3. The Kier molecular flexibility index (Phi) is 3.13. The molecule has 0 bridgehead atoms. The van der Waals surface area contributed by atoms with Crippen molar-refractivity contribution >= 4 is 17.1 Å². The van der Waals surface area contributed by atoms with Gasteiger partial charge < -0.3 is 9.67 Å². The minimum absolute atomic E-state index is 0.208. The summed E-state index contributed by atoms with van der Waals surface area (Å²) in [7, 11) is 0. The highest BCUT2D eigenvalue weighted by molar-refractivity contribution is 6.04. The molecule has 3 aromatic rings. The van der Waals surface area contributed by atoms with Crippen LogP contribution < -0.4 is 0 Å². The molecule has 4 rings (SSSR count). The molecular formula is C19H15N3O. The van der Waals surface area contributed by atoms with Crippen molar-refractivity contribution < 1.29 is 5.11 Å². The largest absolute Gasteiger partial charge is 0.505 e. The van der Waals surface area contributed by atoms with E-state index in [2.05, 4.69) is 15.6 Å². The van der Waals surface area contributed by atoms with Gasteiger partial charge in [0.1, 0.15) is 11.4 Å². The van der Waals surface area contributed by atoms with E-state index in [-0.39, 0.29) is 5.75 Å². The number of nitriles is 1. The smallest absolute Gasteiger partial charge is 0.150 e. The van der Waals surface area contributed by atoms with Crippen LogP contribution in [0.4, 0.5) is 0 Å².